The molecule has 0 aliphatic rings. The second-order valence-corrected chi connectivity index (χ2v) is 3.81. The van der Waals surface area contributed by atoms with E-state index in [4.69, 9.17) is 0 Å². The highest BCUT2D eigenvalue weighted by Gasteiger charge is 2.18. The standard InChI is InChI=1S/C10H23NO/c1-4-5-6-7-10(2,12)8-9-11-3/h11-12H,4-9H2,1-3H3. The monoisotopic (exact) mass is 173 g/mol. The normalized spacial score (nSPS) is 16.0. The van der Waals surface area contributed by atoms with Crippen LogP contribution in [0.2, 0.25) is 0 Å². The van der Waals surface area contributed by atoms with Gasteiger partial charge in [0.25, 0.3) is 0 Å². The van der Waals surface area contributed by atoms with Crippen LogP contribution in [0.25, 0.3) is 0 Å². The Morgan fingerprint density at radius 3 is 2.42 bits per heavy atom. The maximum absolute atomic E-state index is 9.83. The minimum atomic E-state index is -0.460. The lowest BCUT2D eigenvalue weighted by molar-refractivity contribution is 0.0402. The van der Waals surface area contributed by atoms with Gasteiger partial charge in [-0.1, -0.05) is 26.2 Å². The maximum atomic E-state index is 9.83. The molecular weight excluding hydrogens is 150 g/mol. The maximum Gasteiger partial charge on any atom is 0.0631 e. The first kappa shape index (κ1) is 11.9. The van der Waals surface area contributed by atoms with Crippen molar-refractivity contribution in [2.75, 3.05) is 13.6 Å². The van der Waals surface area contributed by atoms with Gasteiger partial charge in [-0.3, -0.25) is 0 Å². The summed E-state index contributed by atoms with van der Waals surface area (Å²) in [6.45, 7) is 5.02. The van der Waals surface area contributed by atoms with Crippen molar-refractivity contribution in [3.05, 3.63) is 0 Å². The third-order valence-corrected chi connectivity index (χ3v) is 2.23. The van der Waals surface area contributed by atoms with Crippen molar-refractivity contribution in [1.82, 2.24) is 5.32 Å². The van der Waals surface area contributed by atoms with Gasteiger partial charge in [0.1, 0.15) is 0 Å². The lowest BCUT2D eigenvalue weighted by Gasteiger charge is -2.22. The van der Waals surface area contributed by atoms with E-state index in [0.29, 0.717) is 0 Å². The van der Waals surface area contributed by atoms with Crippen molar-refractivity contribution in [1.29, 1.82) is 0 Å². The summed E-state index contributed by atoms with van der Waals surface area (Å²) in [6.07, 6.45) is 5.39. The van der Waals surface area contributed by atoms with E-state index in [9.17, 15) is 5.11 Å². The van der Waals surface area contributed by atoms with E-state index in [1.165, 1.54) is 12.8 Å². The van der Waals surface area contributed by atoms with Crippen LogP contribution in [0.5, 0.6) is 0 Å². The number of hydrogen-bond donors (Lipinski definition) is 2. The van der Waals surface area contributed by atoms with Crippen LogP contribution in [0.4, 0.5) is 0 Å². The summed E-state index contributed by atoms with van der Waals surface area (Å²) in [5.74, 6) is 0. The fraction of sp³-hybridized carbons (Fsp3) is 1.00. The van der Waals surface area contributed by atoms with Crippen molar-refractivity contribution in [2.45, 2.75) is 51.6 Å². The van der Waals surface area contributed by atoms with E-state index >= 15 is 0 Å². The fourth-order valence-electron chi connectivity index (χ4n) is 1.28. The zero-order valence-corrected chi connectivity index (χ0v) is 8.69. The van der Waals surface area contributed by atoms with Gasteiger partial charge in [-0.25, -0.2) is 0 Å². The Hall–Kier alpha value is -0.0800. The molecule has 0 aromatic rings. The second kappa shape index (κ2) is 6.44. The molecule has 2 heteroatoms. The van der Waals surface area contributed by atoms with Crippen LogP contribution in [0.1, 0.15) is 46.0 Å². The topological polar surface area (TPSA) is 32.3 Å². The van der Waals surface area contributed by atoms with Crippen molar-refractivity contribution >= 4 is 0 Å². The third kappa shape index (κ3) is 6.62. The molecule has 0 saturated carbocycles. The summed E-state index contributed by atoms with van der Waals surface area (Å²) >= 11 is 0. The first-order valence-electron chi connectivity index (χ1n) is 4.99. The van der Waals surface area contributed by atoms with E-state index in [2.05, 4.69) is 12.2 Å². The Labute approximate surface area is 76.4 Å². The molecule has 74 valence electrons. The molecular formula is C10H23NO. The summed E-state index contributed by atoms with van der Waals surface area (Å²) in [5.41, 5.74) is -0.460. The highest BCUT2D eigenvalue weighted by molar-refractivity contribution is 4.72. The summed E-state index contributed by atoms with van der Waals surface area (Å²) in [4.78, 5) is 0. The van der Waals surface area contributed by atoms with E-state index in [1.54, 1.807) is 0 Å². The number of nitrogens with one attached hydrogen (secondary N) is 1. The molecule has 12 heavy (non-hydrogen) atoms. The molecule has 0 spiro atoms. The molecule has 0 radical (unpaired) electrons. The van der Waals surface area contributed by atoms with Crippen LogP contribution >= 0.6 is 0 Å². The van der Waals surface area contributed by atoms with Gasteiger partial charge in [-0.15, -0.1) is 0 Å². The first-order valence-corrected chi connectivity index (χ1v) is 4.99. The number of rotatable bonds is 7. The Morgan fingerprint density at radius 2 is 1.92 bits per heavy atom. The van der Waals surface area contributed by atoms with Gasteiger partial charge in [0.05, 0.1) is 5.60 Å². The predicted molar refractivity (Wildman–Crippen MR) is 53.3 cm³/mol. The molecule has 1 unspecified atom stereocenters. The number of hydrogen-bond acceptors (Lipinski definition) is 2. The predicted octanol–water partition coefficient (Wildman–Crippen LogP) is 1.93. The number of aliphatic hydroxyl groups is 1. The molecule has 0 fully saturated rings. The van der Waals surface area contributed by atoms with Gasteiger partial charge >= 0.3 is 0 Å². The van der Waals surface area contributed by atoms with Crippen molar-refractivity contribution in [3.8, 4) is 0 Å². The molecule has 2 N–H and O–H groups in total. The van der Waals surface area contributed by atoms with Crippen LogP contribution in [-0.2, 0) is 0 Å². The molecule has 0 bridgehead atoms. The van der Waals surface area contributed by atoms with Crippen LogP contribution in [0.3, 0.4) is 0 Å². The lowest BCUT2D eigenvalue weighted by Crippen LogP contribution is -2.28. The summed E-state index contributed by atoms with van der Waals surface area (Å²) in [6, 6.07) is 0. The van der Waals surface area contributed by atoms with E-state index < -0.39 is 5.60 Å². The second-order valence-electron chi connectivity index (χ2n) is 3.81. The quantitative estimate of drug-likeness (QED) is 0.577. The van der Waals surface area contributed by atoms with Gasteiger partial charge in [0.15, 0.2) is 0 Å². The molecule has 0 amide bonds. The molecule has 0 aliphatic carbocycles. The molecule has 0 heterocycles. The van der Waals surface area contributed by atoms with Crippen LogP contribution in [0, 0.1) is 0 Å². The molecule has 0 rings (SSSR count). The van der Waals surface area contributed by atoms with E-state index in [-0.39, 0.29) is 0 Å². The largest absolute Gasteiger partial charge is 0.390 e. The van der Waals surface area contributed by atoms with Gasteiger partial charge in [0, 0.05) is 0 Å². The third-order valence-electron chi connectivity index (χ3n) is 2.23. The minimum absolute atomic E-state index is 0.460. The van der Waals surface area contributed by atoms with Gasteiger partial charge in [-0.2, -0.15) is 0 Å². The van der Waals surface area contributed by atoms with Crippen LogP contribution in [-0.4, -0.2) is 24.3 Å². The van der Waals surface area contributed by atoms with Crippen molar-refractivity contribution in [3.63, 3.8) is 0 Å². The summed E-state index contributed by atoms with van der Waals surface area (Å²) in [5, 5.41) is 12.9. The zero-order valence-electron chi connectivity index (χ0n) is 8.69. The molecule has 2 nitrogen and oxygen atoms in total. The Balaban J connectivity index is 3.42. The Morgan fingerprint density at radius 1 is 1.25 bits per heavy atom. The molecule has 0 aliphatic heterocycles. The van der Waals surface area contributed by atoms with Gasteiger partial charge in [-0.05, 0) is 33.4 Å². The SMILES string of the molecule is CCCCCC(C)(O)CCNC. The average molecular weight is 173 g/mol. The molecule has 0 saturated heterocycles. The summed E-state index contributed by atoms with van der Waals surface area (Å²) in [7, 11) is 1.92. The molecule has 0 aromatic carbocycles. The highest BCUT2D eigenvalue weighted by Crippen LogP contribution is 2.17. The lowest BCUT2D eigenvalue weighted by atomic mass is 9.95. The fourth-order valence-corrected chi connectivity index (χ4v) is 1.28. The summed E-state index contributed by atoms with van der Waals surface area (Å²) < 4.78 is 0. The zero-order chi connectivity index (χ0) is 9.45. The van der Waals surface area contributed by atoms with Crippen LogP contribution < -0.4 is 5.32 Å². The van der Waals surface area contributed by atoms with Crippen molar-refractivity contribution < 1.29 is 5.11 Å². The Kier molecular flexibility index (Phi) is 6.39. The average Bonchev–Trinajstić information content (AvgIpc) is 2.01. The first-order chi connectivity index (χ1) is 5.62. The highest BCUT2D eigenvalue weighted by atomic mass is 16.3. The molecule has 0 aromatic heterocycles. The van der Waals surface area contributed by atoms with Gasteiger partial charge < -0.3 is 10.4 Å². The van der Waals surface area contributed by atoms with Crippen molar-refractivity contribution in [2.24, 2.45) is 0 Å². The Bertz CT molecular complexity index is 102. The number of unbranched alkanes of at least 4 members (excludes halogenated alkanes) is 2. The van der Waals surface area contributed by atoms with E-state index in [1.807, 2.05) is 14.0 Å². The van der Waals surface area contributed by atoms with E-state index in [0.717, 1.165) is 25.8 Å². The smallest absolute Gasteiger partial charge is 0.0631 e. The van der Waals surface area contributed by atoms with Gasteiger partial charge in [0.2, 0.25) is 0 Å². The molecule has 1 atom stereocenters. The van der Waals surface area contributed by atoms with Crippen LogP contribution in [0.15, 0.2) is 0 Å². The minimum Gasteiger partial charge on any atom is -0.390 e.